The van der Waals surface area contributed by atoms with Crippen LogP contribution in [0.5, 0.6) is 5.75 Å². The molecule has 1 saturated heterocycles. The molecule has 2 atom stereocenters. The van der Waals surface area contributed by atoms with E-state index in [0.717, 1.165) is 5.56 Å². The van der Waals surface area contributed by atoms with Crippen LogP contribution in [0.25, 0.3) is 0 Å². The minimum Gasteiger partial charge on any atom is -0.486 e. The molecule has 25 heavy (non-hydrogen) atoms. The number of benzene rings is 2. The highest BCUT2D eigenvalue weighted by Gasteiger charge is 2.33. The van der Waals surface area contributed by atoms with Gasteiger partial charge in [0.1, 0.15) is 23.8 Å². The van der Waals surface area contributed by atoms with Crippen molar-refractivity contribution in [3.8, 4) is 5.75 Å². The van der Waals surface area contributed by atoms with Crippen LogP contribution in [-0.2, 0) is 16.4 Å². The highest BCUT2D eigenvalue weighted by molar-refractivity contribution is 7.90. The topological polar surface area (TPSA) is 66.8 Å². The smallest absolute Gasteiger partial charge is 0.175 e. The van der Waals surface area contributed by atoms with Gasteiger partial charge in [-0.25, -0.2) is 12.8 Å². The van der Waals surface area contributed by atoms with E-state index in [-0.39, 0.29) is 10.7 Å². The molecule has 2 aromatic carbocycles. The molecular weight excluding hydrogens is 345 g/mol. The average Bonchev–Trinajstić information content (AvgIpc) is 2.86. The summed E-state index contributed by atoms with van der Waals surface area (Å²) in [7, 11) is -3.21. The van der Waals surface area contributed by atoms with Crippen molar-refractivity contribution < 1.29 is 22.7 Å². The van der Waals surface area contributed by atoms with Crippen LogP contribution >= 0.6 is 0 Å². The van der Waals surface area contributed by atoms with Crippen LogP contribution in [-0.4, -0.2) is 50.0 Å². The summed E-state index contributed by atoms with van der Waals surface area (Å²) in [6.07, 6.45) is 0.0725. The van der Waals surface area contributed by atoms with Gasteiger partial charge in [-0.15, -0.1) is 0 Å². The molecular formula is C18H20FNO4S. The number of hydrogen-bond donors (Lipinski definition) is 1. The van der Waals surface area contributed by atoms with E-state index in [1.165, 1.54) is 18.4 Å². The molecule has 0 bridgehead atoms. The Morgan fingerprint density at radius 1 is 1.20 bits per heavy atom. The van der Waals surface area contributed by atoms with Crippen molar-refractivity contribution >= 4 is 9.84 Å². The first kappa shape index (κ1) is 17.8. The van der Waals surface area contributed by atoms with Gasteiger partial charge in [0.05, 0.1) is 4.90 Å². The van der Waals surface area contributed by atoms with E-state index in [9.17, 15) is 17.9 Å². The molecule has 1 N–H and O–H groups in total. The number of nitrogens with zero attached hydrogens (tertiary/aromatic N) is 1. The Morgan fingerprint density at radius 3 is 2.56 bits per heavy atom. The summed E-state index contributed by atoms with van der Waals surface area (Å²) in [4.78, 5) is 2.30. The van der Waals surface area contributed by atoms with E-state index >= 15 is 0 Å². The predicted molar refractivity (Wildman–Crippen MR) is 91.7 cm³/mol. The minimum atomic E-state index is -3.21. The van der Waals surface area contributed by atoms with Crippen LogP contribution in [0.1, 0.15) is 5.56 Å². The van der Waals surface area contributed by atoms with Crippen molar-refractivity contribution in [1.82, 2.24) is 4.90 Å². The summed E-state index contributed by atoms with van der Waals surface area (Å²) >= 11 is 0. The van der Waals surface area contributed by atoms with Gasteiger partial charge < -0.3 is 9.84 Å². The first-order valence-corrected chi connectivity index (χ1v) is 9.82. The molecule has 1 fully saturated rings. The highest BCUT2D eigenvalue weighted by Crippen LogP contribution is 2.21. The van der Waals surface area contributed by atoms with Gasteiger partial charge in [0.25, 0.3) is 0 Å². The van der Waals surface area contributed by atoms with Gasteiger partial charge in [-0.05, 0) is 29.8 Å². The van der Waals surface area contributed by atoms with Gasteiger partial charge in [0.2, 0.25) is 0 Å². The number of sulfone groups is 1. The summed E-state index contributed by atoms with van der Waals surface area (Å²) in [6, 6.07) is 12.5. The zero-order valence-corrected chi connectivity index (χ0v) is 14.6. The van der Waals surface area contributed by atoms with Crippen LogP contribution < -0.4 is 4.74 Å². The van der Waals surface area contributed by atoms with Gasteiger partial charge in [0, 0.05) is 32.0 Å². The van der Waals surface area contributed by atoms with Crippen molar-refractivity contribution in [3.05, 3.63) is 59.9 Å². The Labute approximate surface area is 146 Å². The maximum atomic E-state index is 13.2. The van der Waals surface area contributed by atoms with Gasteiger partial charge >= 0.3 is 0 Å². The van der Waals surface area contributed by atoms with E-state index in [1.807, 2.05) is 4.90 Å². The van der Waals surface area contributed by atoms with E-state index in [2.05, 4.69) is 0 Å². The summed E-state index contributed by atoms with van der Waals surface area (Å²) < 4.78 is 41.9. The SMILES string of the molecule is CS(=O)(=O)c1ccc(CN2CC(O)C(Oc3cccc(F)c3)C2)cc1. The third kappa shape index (κ3) is 4.56. The maximum absolute atomic E-state index is 13.2. The minimum absolute atomic E-state index is 0.282. The highest BCUT2D eigenvalue weighted by atomic mass is 32.2. The summed E-state index contributed by atoms with van der Waals surface area (Å²) in [6.45, 7) is 1.52. The molecule has 5 nitrogen and oxygen atoms in total. The Hall–Kier alpha value is -1.96. The van der Waals surface area contributed by atoms with E-state index in [0.29, 0.717) is 25.4 Å². The molecule has 0 saturated carbocycles. The standard InChI is InChI=1S/C18H20FNO4S/c1-25(22,23)16-7-5-13(6-8-16)10-20-11-17(21)18(12-20)24-15-4-2-3-14(19)9-15/h2-9,17-18,21H,10-12H2,1H3. The fourth-order valence-electron chi connectivity index (χ4n) is 2.89. The first-order chi connectivity index (χ1) is 11.8. The molecule has 0 amide bonds. The third-order valence-electron chi connectivity index (χ3n) is 4.15. The molecule has 0 radical (unpaired) electrons. The molecule has 0 spiro atoms. The fraction of sp³-hybridized carbons (Fsp3) is 0.333. The monoisotopic (exact) mass is 365 g/mol. The molecule has 7 heteroatoms. The van der Waals surface area contributed by atoms with Crippen LogP contribution in [0.2, 0.25) is 0 Å². The molecule has 1 aliphatic rings. The maximum Gasteiger partial charge on any atom is 0.175 e. The average molecular weight is 365 g/mol. The van der Waals surface area contributed by atoms with Crippen molar-refractivity contribution in [3.63, 3.8) is 0 Å². The zero-order valence-electron chi connectivity index (χ0n) is 13.8. The molecule has 3 rings (SSSR count). The predicted octanol–water partition coefficient (Wildman–Crippen LogP) is 1.85. The molecule has 0 aliphatic carbocycles. The van der Waals surface area contributed by atoms with Gasteiger partial charge in [-0.3, -0.25) is 4.90 Å². The number of aliphatic hydroxyl groups is 1. The lowest BCUT2D eigenvalue weighted by atomic mass is 10.2. The quantitative estimate of drug-likeness (QED) is 0.876. The van der Waals surface area contributed by atoms with Gasteiger partial charge in [-0.1, -0.05) is 18.2 Å². The first-order valence-electron chi connectivity index (χ1n) is 7.93. The van der Waals surface area contributed by atoms with Crippen molar-refractivity contribution in [2.24, 2.45) is 0 Å². The van der Waals surface area contributed by atoms with Crippen LogP contribution in [0.3, 0.4) is 0 Å². The van der Waals surface area contributed by atoms with Crippen LogP contribution in [0, 0.1) is 5.82 Å². The second-order valence-corrected chi connectivity index (χ2v) is 8.31. The summed E-state index contributed by atoms with van der Waals surface area (Å²) in [5, 5.41) is 10.2. The number of halogens is 1. The van der Waals surface area contributed by atoms with Crippen LogP contribution in [0.4, 0.5) is 4.39 Å². The molecule has 2 aromatic rings. The lowest BCUT2D eigenvalue weighted by Crippen LogP contribution is -2.29. The van der Waals surface area contributed by atoms with E-state index in [4.69, 9.17) is 4.74 Å². The van der Waals surface area contributed by atoms with Gasteiger partial charge in [0.15, 0.2) is 9.84 Å². The number of ether oxygens (including phenoxy) is 1. The molecule has 2 unspecified atom stereocenters. The lowest BCUT2D eigenvalue weighted by molar-refractivity contribution is 0.0734. The number of hydrogen-bond acceptors (Lipinski definition) is 5. The molecule has 1 heterocycles. The second-order valence-electron chi connectivity index (χ2n) is 6.29. The van der Waals surface area contributed by atoms with Crippen molar-refractivity contribution in [2.45, 2.75) is 23.6 Å². The van der Waals surface area contributed by atoms with Crippen LogP contribution in [0.15, 0.2) is 53.4 Å². The third-order valence-corrected chi connectivity index (χ3v) is 5.28. The summed E-state index contributed by atoms with van der Waals surface area (Å²) in [5.41, 5.74) is 0.950. The number of aliphatic hydroxyl groups excluding tert-OH is 1. The molecule has 1 aliphatic heterocycles. The Kier molecular flexibility index (Phi) is 5.08. The summed E-state index contributed by atoms with van der Waals surface area (Å²) in [5.74, 6) is 0.0104. The Balaban J connectivity index is 1.61. The lowest BCUT2D eigenvalue weighted by Gasteiger charge is -2.17. The Morgan fingerprint density at radius 2 is 1.92 bits per heavy atom. The fourth-order valence-corrected chi connectivity index (χ4v) is 3.52. The molecule has 134 valence electrons. The second kappa shape index (κ2) is 7.11. The van der Waals surface area contributed by atoms with Crippen molar-refractivity contribution in [1.29, 1.82) is 0 Å². The number of rotatable bonds is 5. The molecule has 0 aromatic heterocycles. The normalized spacial score (nSPS) is 21.4. The zero-order chi connectivity index (χ0) is 18.0. The van der Waals surface area contributed by atoms with Crippen molar-refractivity contribution in [2.75, 3.05) is 19.3 Å². The number of likely N-dealkylation sites (tertiary alicyclic amines) is 1. The number of β-amino-alcohol motifs (C(OH)–C–C–N with tert-alkyl or cyclic N) is 1. The Bertz CT molecular complexity index is 838. The van der Waals surface area contributed by atoms with Gasteiger partial charge in [-0.2, -0.15) is 0 Å². The largest absolute Gasteiger partial charge is 0.486 e. The van der Waals surface area contributed by atoms with E-state index in [1.54, 1.807) is 36.4 Å². The van der Waals surface area contributed by atoms with E-state index < -0.39 is 22.0 Å².